The molecule has 0 aliphatic heterocycles. The monoisotopic (exact) mass is 485 g/mol. The number of hydrazone groups is 1. The van der Waals surface area contributed by atoms with Gasteiger partial charge in [0.15, 0.2) is 11.0 Å². The molecule has 0 unspecified atom stereocenters. The number of carbonyl (C=O) groups excluding carboxylic acids is 1. The van der Waals surface area contributed by atoms with E-state index in [-0.39, 0.29) is 17.4 Å². The summed E-state index contributed by atoms with van der Waals surface area (Å²) in [5.74, 6) is 0.715. The van der Waals surface area contributed by atoms with Gasteiger partial charge in [0, 0.05) is 16.6 Å². The zero-order valence-corrected chi connectivity index (χ0v) is 18.7. The maximum atomic E-state index is 12.1. The number of carbonyl (C=O) groups is 1. The summed E-state index contributed by atoms with van der Waals surface area (Å²) in [5, 5.41) is 22.5. The molecule has 0 atom stereocenters. The van der Waals surface area contributed by atoms with Crippen molar-refractivity contribution >= 4 is 39.8 Å². The lowest BCUT2D eigenvalue weighted by atomic mass is 10.2. The van der Waals surface area contributed by atoms with E-state index < -0.39 is 0 Å². The number of hydrogen-bond acceptors (Lipinski definition) is 6. The van der Waals surface area contributed by atoms with E-state index in [1.165, 1.54) is 18.0 Å². The fourth-order valence-corrected chi connectivity index (χ4v) is 3.56. The highest BCUT2D eigenvalue weighted by atomic mass is 79.9. The van der Waals surface area contributed by atoms with Crippen molar-refractivity contribution in [3.8, 4) is 17.1 Å². The number of halogens is 1. The molecule has 1 aromatic heterocycles. The van der Waals surface area contributed by atoms with Crippen molar-refractivity contribution in [3.63, 3.8) is 0 Å². The molecule has 0 aliphatic rings. The summed E-state index contributed by atoms with van der Waals surface area (Å²) in [7, 11) is 0. The normalized spacial score (nSPS) is 11.0. The van der Waals surface area contributed by atoms with Gasteiger partial charge in [-0.05, 0) is 36.8 Å². The van der Waals surface area contributed by atoms with Crippen molar-refractivity contribution in [2.45, 2.75) is 18.6 Å². The number of nitrogens with zero attached hydrogens (tertiary/aromatic N) is 4. The summed E-state index contributed by atoms with van der Waals surface area (Å²) in [6, 6.07) is 14.4. The van der Waals surface area contributed by atoms with E-state index in [2.05, 4.69) is 43.2 Å². The van der Waals surface area contributed by atoms with Crippen LogP contribution in [0.5, 0.6) is 5.75 Å². The van der Waals surface area contributed by atoms with Gasteiger partial charge in [-0.15, -0.1) is 10.2 Å². The number of thioether (sulfide) groups is 1. The van der Waals surface area contributed by atoms with Crippen LogP contribution in [-0.2, 0) is 11.3 Å². The van der Waals surface area contributed by atoms with Crippen molar-refractivity contribution in [1.82, 2.24) is 20.2 Å². The second-order valence-corrected chi connectivity index (χ2v) is 8.39. The van der Waals surface area contributed by atoms with Crippen LogP contribution in [-0.4, -0.2) is 37.7 Å². The van der Waals surface area contributed by atoms with Crippen LogP contribution in [0.3, 0.4) is 0 Å². The Morgan fingerprint density at radius 2 is 2.07 bits per heavy atom. The van der Waals surface area contributed by atoms with Crippen molar-refractivity contribution in [3.05, 3.63) is 70.7 Å². The average molecular weight is 486 g/mol. The van der Waals surface area contributed by atoms with E-state index in [1.807, 2.05) is 35.8 Å². The van der Waals surface area contributed by atoms with Gasteiger partial charge in [0.1, 0.15) is 5.75 Å². The lowest BCUT2D eigenvalue weighted by molar-refractivity contribution is -0.118. The maximum Gasteiger partial charge on any atom is 0.250 e. The summed E-state index contributed by atoms with van der Waals surface area (Å²) < 4.78 is 2.93. The molecule has 0 radical (unpaired) electrons. The van der Waals surface area contributed by atoms with E-state index in [0.717, 1.165) is 21.4 Å². The van der Waals surface area contributed by atoms with Gasteiger partial charge >= 0.3 is 0 Å². The smallest absolute Gasteiger partial charge is 0.250 e. The lowest BCUT2D eigenvalue weighted by Gasteiger charge is -2.10. The molecule has 0 bridgehead atoms. The Morgan fingerprint density at radius 1 is 1.30 bits per heavy atom. The molecular weight excluding hydrogens is 466 g/mol. The van der Waals surface area contributed by atoms with Crippen molar-refractivity contribution in [2.24, 2.45) is 5.10 Å². The Bertz CT molecular complexity index is 1080. The lowest BCUT2D eigenvalue weighted by Crippen LogP contribution is -2.20. The highest BCUT2D eigenvalue weighted by Crippen LogP contribution is 2.26. The highest BCUT2D eigenvalue weighted by molar-refractivity contribution is 9.10. The molecule has 9 heteroatoms. The predicted molar refractivity (Wildman–Crippen MR) is 123 cm³/mol. The van der Waals surface area contributed by atoms with Crippen LogP contribution >= 0.6 is 27.7 Å². The first kappa shape index (κ1) is 21.8. The molecule has 0 saturated carbocycles. The average Bonchev–Trinajstić information content (AvgIpc) is 3.09. The molecule has 1 heterocycles. The van der Waals surface area contributed by atoms with E-state index in [1.54, 1.807) is 24.3 Å². The Labute approximate surface area is 187 Å². The number of nitrogens with one attached hydrogen (secondary N) is 1. The van der Waals surface area contributed by atoms with Crippen LogP contribution in [0.2, 0.25) is 0 Å². The second kappa shape index (κ2) is 10.2. The summed E-state index contributed by atoms with van der Waals surface area (Å²) in [6.45, 7) is 6.47. The van der Waals surface area contributed by atoms with Crippen LogP contribution in [0.15, 0.2) is 75.4 Å². The number of allylic oxidation sites excluding steroid dienone is 1. The predicted octanol–water partition coefficient (Wildman–Crippen LogP) is 4.23. The zero-order valence-electron chi connectivity index (χ0n) is 16.2. The Balaban J connectivity index is 1.66. The van der Waals surface area contributed by atoms with Crippen molar-refractivity contribution < 1.29 is 9.90 Å². The number of amides is 1. The summed E-state index contributed by atoms with van der Waals surface area (Å²) in [5.41, 5.74) is 5.04. The van der Waals surface area contributed by atoms with Gasteiger partial charge < -0.3 is 5.11 Å². The molecule has 30 heavy (non-hydrogen) atoms. The van der Waals surface area contributed by atoms with Gasteiger partial charge in [-0.1, -0.05) is 64.1 Å². The fraction of sp³-hybridized carbons (Fsp3) is 0.143. The second-order valence-electron chi connectivity index (χ2n) is 6.53. The molecular formula is C21H20BrN5O2S. The summed E-state index contributed by atoms with van der Waals surface area (Å²) >= 11 is 4.71. The summed E-state index contributed by atoms with van der Waals surface area (Å²) in [4.78, 5) is 12.1. The summed E-state index contributed by atoms with van der Waals surface area (Å²) in [6.07, 6.45) is 1.47. The minimum atomic E-state index is -0.272. The number of hydrogen-bond donors (Lipinski definition) is 2. The number of phenols is 1. The van der Waals surface area contributed by atoms with Gasteiger partial charge in [0.25, 0.3) is 5.91 Å². The maximum absolute atomic E-state index is 12.1. The number of aromatic hydroxyl groups is 1. The van der Waals surface area contributed by atoms with E-state index in [0.29, 0.717) is 17.3 Å². The molecule has 1 amide bonds. The molecule has 154 valence electrons. The molecule has 7 nitrogen and oxygen atoms in total. The Hall–Kier alpha value is -2.91. The van der Waals surface area contributed by atoms with Crippen molar-refractivity contribution in [1.29, 1.82) is 0 Å². The van der Waals surface area contributed by atoms with Gasteiger partial charge in [0.05, 0.1) is 12.0 Å². The van der Waals surface area contributed by atoms with Crippen LogP contribution in [0.4, 0.5) is 0 Å². The molecule has 0 aliphatic carbocycles. The number of rotatable bonds is 8. The van der Waals surface area contributed by atoms with Gasteiger partial charge in [0.2, 0.25) is 0 Å². The third kappa shape index (κ3) is 6.04. The highest BCUT2D eigenvalue weighted by Gasteiger charge is 2.15. The van der Waals surface area contributed by atoms with Crippen LogP contribution in [0, 0.1) is 0 Å². The molecule has 2 N–H and O–H groups in total. The molecule has 3 aromatic rings. The topological polar surface area (TPSA) is 92.4 Å². The van der Waals surface area contributed by atoms with E-state index >= 15 is 0 Å². The fourth-order valence-electron chi connectivity index (χ4n) is 2.57. The third-order valence-corrected chi connectivity index (χ3v) is 5.35. The molecule has 0 saturated heterocycles. The van der Waals surface area contributed by atoms with Gasteiger partial charge in [-0.3, -0.25) is 9.36 Å². The number of aromatic nitrogens is 3. The van der Waals surface area contributed by atoms with Crippen LogP contribution in [0.1, 0.15) is 12.5 Å². The first-order valence-electron chi connectivity index (χ1n) is 8.99. The van der Waals surface area contributed by atoms with Crippen molar-refractivity contribution in [2.75, 3.05) is 5.75 Å². The largest absolute Gasteiger partial charge is 0.508 e. The first-order chi connectivity index (χ1) is 14.4. The molecule has 2 aromatic carbocycles. The molecule has 0 spiro atoms. The third-order valence-electron chi connectivity index (χ3n) is 3.85. The SMILES string of the molecule is C=C(C)Cn1c(SCC(=O)NN=Cc2cccc(O)c2)nnc1-c1ccc(Br)cc1. The minimum absolute atomic E-state index is 0.131. The number of benzene rings is 2. The van der Waals surface area contributed by atoms with Gasteiger partial charge in [-0.25, -0.2) is 5.43 Å². The minimum Gasteiger partial charge on any atom is -0.508 e. The van der Waals surface area contributed by atoms with Crippen LogP contribution in [0.25, 0.3) is 11.4 Å². The van der Waals surface area contributed by atoms with Gasteiger partial charge in [-0.2, -0.15) is 5.10 Å². The molecule has 0 fully saturated rings. The standard InChI is InChI=1S/C21H20BrN5O2S/c1-14(2)12-27-20(16-6-8-17(22)9-7-16)25-26-21(27)30-13-19(29)24-23-11-15-4-3-5-18(28)10-15/h3-11,28H,1,12-13H2,2H3,(H,24,29). The first-order valence-corrected chi connectivity index (χ1v) is 10.8. The Morgan fingerprint density at radius 3 is 2.77 bits per heavy atom. The quantitative estimate of drug-likeness (QED) is 0.215. The zero-order chi connectivity index (χ0) is 21.5. The molecule has 3 rings (SSSR count). The van der Waals surface area contributed by atoms with E-state index in [4.69, 9.17) is 0 Å². The number of phenolic OH excluding ortho intramolecular Hbond substituents is 1. The van der Waals surface area contributed by atoms with E-state index in [9.17, 15) is 9.90 Å². The Kier molecular flexibility index (Phi) is 7.42. The van der Waals surface area contributed by atoms with Crippen LogP contribution < -0.4 is 5.43 Å².